The van der Waals surface area contributed by atoms with Crippen LogP contribution in [0.4, 0.5) is 10.3 Å². The molecule has 0 atom stereocenters. The number of esters is 1. The standard InChI is InChI=1S/C17H16N4O4S3/c1-2-25-14(23)6-12-9-27-16(19-12)20-13(22)5-11-8-28-17(18-11)21-15(24)10-3-4-26-7-10/h3-4,7-9H,2,5-6H2,1H3,(H,18,21,24)(H,19,20,22). The van der Waals surface area contributed by atoms with E-state index in [0.29, 0.717) is 33.8 Å². The maximum atomic E-state index is 12.2. The van der Waals surface area contributed by atoms with Gasteiger partial charge in [-0.1, -0.05) is 0 Å². The Morgan fingerprint density at radius 2 is 1.68 bits per heavy atom. The molecule has 28 heavy (non-hydrogen) atoms. The Morgan fingerprint density at radius 1 is 1.00 bits per heavy atom. The van der Waals surface area contributed by atoms with Crippen LogP contribution >= 0.6 is 34.0 Å². The molecule has 0 bridgehead atoms. The minimum atomic E-state index is -0.356. The quantitative estimate of drug-likeness (QED) is 0.525. The second kappa shape index (κ2) is 9.53. The zero-order chi connectivity index (χ0) is 19.9. The van der Waals surface area contributed by atoms with Gasteiger partial charge < -0.3 is 10.1 Å². The SMILES string of the molecule is CCOC(=O)Cc1csc(NC(=O)Cc2csc(NC(=O)c3ccsc3)n2)n1. The number of hydrogen-bond acceptors (Lipinski definition) is 9. The van der Waals surface area contributed by atoms with E-state index >= 15 is 0 Å². The first-order valence-corrected chi connectivity index (χ1v) is 10.9. The summed E-state index contributed by atoms with van der Waals surface area (Å²) in [5.41, 5.74) is 1.67. The number of amides is 2. The van der Waals surface area contributed by atoms with Gasteiger partial charge in [0.1, 0.15) is 0 Å². The molecular formula is C17H16N4O4S3. The van der Waals surface area contributed by atoms with Gasteiger partial charge in [-0.25, -0.2) is 9.97 Å². The number of carbonyl (C=O) groups is 3. The molecule has 8 nitrogen and oxygen atoms in total. The zero-order valence-corrected chi connectivity index (χ0v) is 17.2. The minimum absolute atomic E-state index is 0.0532. The van der Waals surface area contributed by atoms with Gasteiger partial charge in [-0.3, -0.25) is 19.7 Å². The van der Waals surface area contributed by atoms with Crippen LogP contribution in [0.15, 0.2) is 27.6 Å². The Hall–Kier alpha value is -2.63. The van der Waals surface area contributed by atoms with E-state index < -0.39 is 0 Å². The van der Waals surface area contributed by atoms with Crippen LogP contribution in [0.25, 0.3) is 0 Å². The van der Waals surface area contributed by atoms with Crippen LogP contribution in [0.3, 0.4) is 0 Å². The molecule has 0 saturated carbocycles. The van der Waals surface area contributed by atoms with E-state index in [0.717, 1.165) is 0 Å². The van der Waals surface area contributed by atoms with Gasteiger partial charge >= 0.3 is 5.97 Å². The van der Waals surface area contributed by atoms with Crippen molar-refractivity contribution >= 4 is 62.1 Å². The summed E-state index contributed by atoms with van der Waals surface area (Å²) in [6.45, 7) is 2.05. The third-order valence-corrected chi connectivity index (χ3v) is 5.62. The molecule has 0 radical (unpaired) electrons. The summed E-state index contributed by atoms with van der Waals surface area (Å²) in [6, 6.07) is 1.73. The van der Waals surface area contributed by atoms with Crippen molar-refractivity contribution in [1.29, 1.82) is 0 Å². The predicted molar refractivity (Wildman–Crippen MR) is 109 cm³/mol. The summed E-state index contributed by atoms with van der Waals surface area (Å²) in [4.78, 5) is 44.1. The van der Waals surface area contributed by atoms with Crippen LogP contribution in [0.2, 0.25) is 0 Å². The number of thiophene rings is 1. The smallest absolute Gasteiger partial charge is 0.311 e. The fourth-order valence-corrected chi connectivity index (χ4v) is 4.21. The van der Waals surface area contributed by atoms with Crippen LogP contribution in [0.5, 0.6) is 0 Å². The van der Waals surface area contributed by atoms with Gasteiger partial charge in [0, 0.05) is 16.1 Å². The van der Waals surface area contributed by atoms with Crippen molar-refractivity contribution in [2.45, 2.75) is 19.8 Å². The lowest BCUT2D eigenvalue weighted by Crippen LogP contribution is -2.15. The molecule has 0 saturated heterocycles. The van der Waals surface area contributed by atoms with Gasteiger partial charge in [-0.2, -0.15) is 11.3 Å². The molecular weight excluding hydrogens is 420 g/mol. The molecule has 0 aliphatic heterocycles. The van der Waals surface area contributed by atoms with Gasteiger partial charge in [-0.05, 0) is 18.4 Å². The van der Waals surface area contributed by atoms with Crippen LogP contribution in [-0.2, 0) is 27.2 Å². The van der Waals surface area contributed by atoms with Crippen molar-refractivity contribution in [2.24, 2.45) is 0 Å². The summed E-state index contributed by atoms with van der Waals surface area (Å²) in [5.74, 6) is -0.869. The first-order valence-electron chi connectivity index (χ1n) is 8.21. The van der Waals surface area contributed by atoms with E-state index in [-0.39, 0.29) is 30.6 Å². The van der Waals surface area contributed by atoms with E-state index in [4.69, 9.17) is 4.74 Å². The molecule has 2 amide bonds. The van der Waals surface area contributed by atoms with Crippen LogP contribution in [0, 0.1) is 0 Å². The van der Waals surface area contributed by atoms with Gasteiger partial charge in [0.15, 0.2) is 10.3 Å². The number of nitrogens with one attached hydrogen (secondary N) is 2. The molecule has 0 unspecified atom stereocenters. The predicted octanol–water partition coefficient (Wildman–Crippen LogP) is 3.20. The van der Waals surface area contributed by atoms with Crippen LogP contribution in [0.1, 0.15) is 28.7 Å². The molecule has 2 N–H and O–H groups in total. The Labute approximate surface area is 172 Å². The normalized spacial score (nSPS) is 10.5. The number of nitrogens with zero attached hydrogens (tertiary/aromatic N) is 2. The van der Waals surface area contributed by atoms with E-state index in [9.17, 15) is 14.4 Å². The second-order valence-corrected chi connectivity index (χ2v) is 7.96. The van der Waals surface area contributed by atoms with Crippen LogP contribution < -0.4 is 10.6 Å². The zero-order valence-electron chi connectivity index (χ0n) is 14.8. The molecule has 146 valence electrons. The van der Waals surface area contributed by atoms with Gasteiger partial charge in [0.05, 0.1) is 36.4 Å². The Kier molecular flexibility index (Phi) is 6.85. The van der Waals surface area contributed by atoms with Gasteiger partial charge in [0.25, 0.3) is 5.91 Å². The molecule has 11 heteroatoms. The first-order chi connectivity index (χ1) is 13.5. The van der Waals surface area contributed by atoms with E-state index in [1.807, 2.05) is 5.38 Å². The topological polar surface area (TPSA) is 110 Å². The fraction of sp³-hybridized carbons (Fsp3) is 0.235. The molecule has 0 fully saturated rings. The Morgan fingerprint density at radius 3 is 2.32 bits per heavy atom. The fourth-order valence-electron chi connectivity index (χ4n) is 2.14. The third-order valence-electron chi connectivity index (χ3n) is 3.33. The van der Waals surface area contributed by atoms with Crippen molar-refractivity contribution in [1.82, 2.24) is 9.97 Å². The lowest BCUT2D eigenvalue weighted by molar-refractivity contribution is -0.142. The van der Waals surface area contributed by atoms with Crippen molar-refractivity contribution < 1.29 is 19.1 Å². The van der Waals surface area contributed by atoms with Crippen molar-refractivity contribution in [3.05, 3.63) is 44.5 Å². The minimum Gasteiger partial charge on any atom is -0.466 e. The van der Waals surface area contributed by atoms with Gasteiger partial charge in [0.2, 0.25) is 5.91 Å². The average molecular weight is 437 g/mol. The monoisotopic (exact) mass is 436 g/mol. The number of carbonyl (C=O) groups excluding carboxylic acids is 3. The highest BCUT2D eigenvalue weighted by Gasteiger charge is 2.14. The molecule has 0 aliphatic rings. The average Bonchev–Trinajstić information content (AvgIpc) is 3.38. The summed E-state index contributed by atoms with van der Waals surface area (Å²) in [5, 5.41) is 13.2. The van der Waals surface area contributed by atoms with Gasteiger partial charge in [-0.15, -0.1) is 22.7 Å². The molecule has 3 rings (SSSR count). The molecule has 0 aliphatic carbocycles. The summed E-state index contributed by atoms with van der Waals surface area (Å²) < 4.78 is 4.87. The van der Waals surface area contributed by atoms with E-state index in [1.54, 1.807) is 29.1 Å². The first kappa shape index (κ1) is 20.1. The number of thiazole rings is 2. The summed E-state index contributed by atoms with van der Waals surface area (Å²) >= 11 is 3.93. The molecule has 0 spiro atoms. The number of rotatable bonds is 8. The van der Waals surface area contributed by atoms with E-state index in [2.05, 4.69) is 20.6 Å². The van der Waals surface area contributed by atoms with Crippen molar-refractivity contribution in [3.63, 3.8) is 0 Å². The second-order valence-electron chi connectivity index (χ2n) is 5.46. The number of anilines is 2. The number of hydrogen-bond donors (Lipinski definition) is 2. The highest BCUT2D eigenvalue weighted by Crippen LogP contribution is 2.19. The molecule has 0 aromatic carbocycles. The third kappa shape index (κ3) is 5.68. The highest BCUT2D eigenvalue weighted by molar-refractivity contribution is 7.14. The molecule has 3 aromatic rings. The Balaban J connectivity index is 1.50. The van der Waals surface area contributed by atoms with Crippen molar-refractivity contribution in [2.75, 3.05) is 17.2 Å². The van der Waals surface area contributed by atoms with Crippen LogP contribution in [-0.4, -0.2) is 34.4 Å². The lowest BCUT2D eigenvalue weighted by Gasteiger charge is -2.00. The highest BCUT2D eigenvalue weighted by atomic mass is 32.1. The Bertz CT molecular complexity index is 965. The summed E-state index contributed by atoms with van der Waals surface area (Å²) in [7, 11) is 0. The molecule has 3 heterocycles. The number of ether oxygens (including phenoxy) is 1. The largest absolute Gasteiger partial charge is 0.466 e. The maximum Gasteiger partial charge on any atom is 0.311 e. The maximum absolute atomic E-state index is 12.2. The van der Waals surface area contributed by atoms with E-state index in [1.165, 1.54) is 34.0 Å². The lowest BCUT2D eigenvalue weighted by atomic mass is 10.3. The number of aromatic nitrogens is 2. The van der Waals surface area contributed by atoms with Crippen molar-refractivity contribution in [3.8, 4) is 0 Å². The summed E-state index contributed by atoms with van der Waals surface area (Å²) in [6.07, 6.45) is 0.122. The molecule has 3 aromatic heterocycles.